The second-order valence-electron chi connectivity index (χ2n) is 6.95. The summed E-state index contributed by atoms with van der Waals surface area (Å²) in [4.78, 5) is 27.1. The minimum Gasteiger partial charge on any atom is -0.482 e. The number of nitrogens with zero attached hydrogens (tertiary/aromatic N) is 1. The number of nitrogens with one attached hydrogen (secondary N) is 1. The number of rotatable bonds is 9. The van der Waals surface area contributed by atoms with Crippen LogP contribution in [0, 0.1) is 5.82 Å². The molecule has 29 heavy (non-hydrogen) atoms. The second-order valence-corrected chi connectivity index (χ2v) is 7.36. The van der Waals surface area contributed by atoms with Crippen LogP contribution in [0.5, 0.6) is 5.75 Å². The van der Waals surface area contributed by atoms with Crippen LogP contribution >= 0.6 is 11.6 Å². The Labute approximate surface area is 175 Å². The van der Waals surface area contributed by atoms with Gasteiger partial charge in [0.05, 0.1) is 5.02 Å². The summed E-state index contributed by atoms with van der Waals surface area (Å²) in [5.41, 5.74) is 0.716. The van der Waals surface area contributed by atoms with Crippen molar-refractivity contribution in [1.82, 2.24) is 10.2 Å². The molecule has 156 valence electrons. The van der Waals surface area contributed by atoms with Gasteiger partial charge in [0, 0.05) is 12.6 Å². The summed E-state index contributed by atoms with van der Waals surface area (Å²) in [7, 11) is 0. The largest absolute Gasteiger partial charge is 0.482 e. The Bertz CT molecular complexity index is 827. The van der Waals surface area contributed by atoms with Gasteiger partial charge in [-0.15, -0.1) is 0 Å². The van der Waals surface area contributed by atoms with E-state index in [4.69, 9.17) is 16.3 Å². The van der Waals surface area contributed by atoms with E-state index < -0.39 is 6.04 Å². The van der Waals surface area contributed by atoms with E-state index >= 15 is 0 Å². The van der Waals surface area contributed by atoms with Crippen LogP contribution in [0.15, 0.2) is 48.5 Å². The monoisotopic (exact) mass is 420 g/mol. The van der Waals surface area contributed by atoms with Crippen molar-refractivity contribution in [3.63, 3.8) is 0 Å². The van der Waals surface area contributed by atoms with Gasteiger partial charge in [0.15, 0.2) is 6.61 Å². The third-order valence-corrected chi connectivity index (χ3v) is 4.58. The third kappa shape index (κ3) is 6.75. The van der Waals surface area contributed by atoms with E-state index in [1.165, 1.54) is 17.0 Å². The van der Waals surface area contributed by atoms with Gasteiger partial charge in [-0.25, -0.2) is 4.39 Å². The molecule has 0 spiro atoms. The molecule has 2 amide bonds. The summed E-state index contributed by atoms with van der Waals surface area (Å²) < 4.78 is 18.8. The molecule has 0 aliphatic heterocycles. The van der Waals surface area contributed by atoms with Crippen LogP contribution < -0.4 is 10.1 Å². The minimum absolute atomic E-state index is 0.0568. The van der Waals surface area contributed by atoms with Crippen molar-refractivity contribution in [3.8, 4) is 5.75 Å². The number of halogens is 2. The Morgan fingerprint density at radius 1 is 1.14 bits per heavy atom. The number of carbonyl (C=O) groups is 2. The highest BCUT2D eigenvalue weighted by Crippen LogP contribution is 2.23. The Morgan fingerprint density at radius 2 is 1.79 bits per heavy atom. The van der Waals surface area contributed by atoms with Crippen molar-refractivity contribution in [2.45, 2.75) is 45.8 Å². The lowest BCUT2D eigenvalue weighted by Crippen LogP contribution is -2.51. The van der Waals surface area contributed by atoms with Crippen LogP contribution in [0.3, 0.4) is 0 Å². The fraction of sp³-hybridized carbons (Fsp3) is 0.364. The molecule has 0 heterocycles. The lowest BCUT2D eigenvalue weighted by atomic mass is 10.1. The summed E-state index contributed by atoms with van der Waals surface area (Å²) >= 11 is 6.08. The van der Waals surface area contributed by atoms with Gasteiger partial charge in [0.2, 0.25) is 5.91 Å². The van der Waals surface area contributed by atoms with E-state index in [2.05, 4.69) is 5.32 Å². The first-order chi connectivity index (χ1) is 13.8. The topological polar surface area (TPSA) is 58.6 Å². The molecule has 7 heteroatoms. The predicted molar refractivity (Wildman–Crippen MR) is 111 cm³/mol. The number of para-hydroxylation sites is 1. The zero-order valence-corrected chi connectivity index (χ0v) is 17.6. The molecule has 2 aromatic rings. The lowest BCUT2D eigenvalue weighted by Gasteiger charge is -2.31. The van der Waals surface area contributed by atoms with Crippen LogP contribution in [0.25, 0.3) is 0 Å². The molecular weight excluding hydrogens is 395 g/mol. The fourth-order valence-corrected chi connectivity index (χ4v) is 3.06. The SMILES string of the molecule is CC[C@@H](C(=O)NC(C)C)N(Cc1ccc(F)cc1)C(=O)COc1ccccc1Cl. The van der Waals surface area contributed by atoms with Crippen molar-refractivity contribution in [2.75, 3.05) is 6.61 Å². The molecular formula is C22H26ClFN2O3. The average Bonchev–Trinajstić information content (AvgIpc) is 2.68. The van der Waals surface area contributed by atoms with Gasteiger partial charge in [0.1, 0.15) is 17.6 Å². The first-order valence-electron chi connectivity index (χ1n) is 9.53. The van der Waals surface area contributed by atoms with Crippen LogP contribution in [0.2, 0.25) is 5.02 Å². The molecule has 1 atom stereocenters. The number of hydrogen-bond acceptors (Lipinski definition) is 3. The molecule has 0 saturated heterocycles. The van der Waals surface area contributed by atoms with Gasteiger partial charge >= 0.3 is 0 Å². The summed E-state index contributed by atoms with van der Waals surface area (Å²) in [6.07, 6.45) is 0.428. The van der Waals surface area contributed by atoms with E-state index in [-0.39, 0.29) is 36.8 Å². The van der Waals surface area contributed by atoms with Crippen molar-refractivity contribution in [3.05, 3.63) is 64.9 Å². The fourth-order valence-electron chi connectivity index (χ4n) is 2.87. The van der Waals surface area contributed by atoms with Crippen molar-refractivity contribution in [1.29, 1.82) is 0 Å². The van der Waals surface area contributed by atoms with E-state index in [1.807, 2.05) is 20.8 Å². The summed E-state index contributed by atoms with van der Waals surface area (Å²) in [6.45, 7) is 5.45. The molecule has 0 aliphatic carbocycles. The maximum Gasteiger partial charge on any atom is 0.261 e. The average molecular weight is 421 g/mol. The molecule has 5 nitrogen and oxygen atoms in total. The summed E-state index contributed by atoms with van der Waals surface area (Å²) in [6, 6.07) is 12.0. The number of ether oxygens (including phenoxy) is 1. The van der Waals surface area contributed by atoms with Crippen molar-refractivity contribution in [2.24, 2.45) is 0 Å². The highest BCUT2D eigenvalue weighted by Gasteiger charge is 2.29. The lowest BCUT2D eigenvalue weighted by molar-refractivity contribution is -0.143. The molecule has 2 aromatic carbocycles. The molecule has 0 aliphatic rings. The Kier molecular flexibility index (Phi) is 8.46. The maximum absolute atomic E-state index is 13.2. The van der Waals surface area contributed by atoms with Gasteiger partial charge < -0.3 is 15.0 Å². The first kappa shape index (κ1) is 22.7. The minimum atomic E-state index is -0.676. The van der Waals surface area contributed by atoms with Gasteiger partial charge in [0.25, 0.3) is 5.91 Å². The Balaban J connectivity index is 2.21. The maximum atomic E-state index is 13.2. The standard InChI is InChI=1S/C22H26ClFN2O3/c1-4-19(22(28)25-15(2)3)26(13-16-9-11-17(24)12-10-16)21(27)14-29-20-8-6-5-7-18(20)23/h5-12,15,19H,4,13-14H2,1-3H3,(H,25,28)/t19-/m0/s1. The molecule has 0 unspecified atom stereocenters. The first-order valence-corrected chi connectivity index (χ1v) is 9.91. The molecule has 0 fully saturated rings. The molecule has 0 saturated carbocycles. The Morgan fingerprint density at radius 3 is 2.38 bits per heavy atom. The van der Waals surface area contributed by atoms with E-state index in [0.29, 0.717) is 22.8 Å². The normalized spacial score (nSPS) is 11.8. The van der Waals surface area contributed by atoms with Crippen LogP contribution in [-0.4, -0.2) is 35.4 Å². The highest BCUT2D eigenvalue weighted by atomic mass is 35.5. The van der Waals surface area contributed by atoms with Crippen LogP contribution in [0.1, 0.15) is 32.8 Å². The smallest absolute Gasteiger partial charge is 0.261 e. The quantitative estimate of drug-likeness (QED) is 0.661. The number of hydrogen-bond donors (Lipinski definition) is 1. The number of amides is 2. The van der Waals surface area contributed by atoms with E-state index in [0.717, 1.165) is 0 Å². The molecule has 0 radical (unpaired) electrons. The van der Waals surface area contributed by atoms with Gasteiger partial charge in [-0.05, 0) is 50.1 Å². The zero-order valence-electron chi connectivity index (χ0n) is 16.8. The van der Waals surface area contributed by atoms with Crippen molar-refractivity contribution >= 4 is 23.4 Å². The third-order valence-electron chi connectivity index (χ3n) is 4.27. The molecule has 2 rings (SSSR count). The van der Waals surface area contributed by atoms with Crippen LogP contribution in [-0.2, 0) is 16.1 Å². The number of benzene rings is 2. The van der Waals surface area contributed by atoms with Gasteiger partial charge in [-0.2, -0.15) is 0 Å². The predicted octanol–water partition coefficient (Wildman–Crippen LogP) is 4.19. The number of carbonyl (C=O) groups excluding carboxylic acids is 2. The second kappa shape index (κ2) is 10.8. The summed E-state index contributed by atoms with van der Waals surface area (Å²) in [5.74, 6) is -0.571. The van der Waals surface area contributed by atoms with Crippen molar-refractivity contribution < 1.29 is 18.7 Å². The molecule has 0 bridgehead atoms. The van der Waals surface area contributed by atoms with Crippen LogP contribution in [0.4, 0.5) is 4.39 Å². The van der Waals surface area contributed by atoms with E-state index in [9.17, 15) is 14.0 Å². The highest BCUT2D eigenvalue weighted by molar-refractivity contribution is 6.32. The molecule has 0 aromatic heterocycles. The van der Waals surface area contributed by atoms with Gasteiger partial charge in [-0.1, -0.05) is 42.8 Å². The summed E-state index contributed by atoms with van der Waals surface area (Å²) in [5, 5.41) is 3.25. The zero-order chi connectivity index (χ0) is 21.4. The molecule has 1 N–H and O–H groups in total. The van der Waals surface area contributed by atoms with Gasteiger partial charge in [-0.3, -0.25) is 9.59 Å². The Hall–Kier alpha value is -2.60. The van der Waals surface area contributed by atoms with E-state index in [1.54, 1.807) is 36.4 Å².